The lowest BCUT2D eigenvalue weighted by Crippen LogP contribution is -2.29. The van der Waals surface area contributed by atoms with Gasteiger partial charge in [-0.3, -0.25) is 0 Å². The fraction of sp³-hybridized carbons (Fsp3) is 0.562. The molecule has 0 bridgehead atoms. The summed E-state index contributed by atoms with van der Waals surface area (Å²) < 4.78 is 5.70. The lowest BCUT2D eigenvalue weighted by molar-refractivity contribution is 0.000706. The Balaban J connectivity index is 2.07. The number of carbonyl (C=O) groups is 1. The molecule has 0 aliphatic heterocycles. The van der Waals surface area contributed by atoms with Crippen LogP contribution in [0.2, 0.25) is 0 Å². The monoisotopic (exact) mass is 261 g/mol. The van der Waals surface area contributed by atoms with E-state index in [1.165, 1.54) is 12.8 Å². The van der Waals surface area contributed by atoms with Gasteiger partial charge in [-0.15, -0.1) is 0 Å². The Morgan fingerprint density at radius 3 is 2.74 bits per heavy atom. The molecule has 3 nitrogen and oxygen atoms in total. The van der Waals surface area contributed by atoms with Gasteiger partial charge in [-0.05, 0) is 62.3 Å². The summed E-state index contributed by atoms with van der Waals surface area (Å²) in [6, 6.07) is 5.38. The van der Waals surface area contributed by atoms with Crippen molar-refractivity contribution in [3.8, 4) is 0 Å². The second kappa shape index (κ2) is 6.09. The van der Waals surface area contributed by atoms with Gasteiger partial charge in [0.15, 0.2) is 0 Å². The molecule has 1 saturated carbocycles. The van der Waals surface area contributed by atoms with Crippen LogP contribution in [0.4, 0.5) is 5.69 Å². The minimum atomic E-state index is -0.235. The Hall–Kier alpha value is -1.51. The van der Waals surface area contributed by atoms with Crippen molar-refractivity contribution in [2.24, 2.45) is 5.92 Å². The second-order valence-corrected chi connectivity index (χ2v) is 5.53. The van der Waals surface area contributed by atoms with Crippen LogP contribution in [0.1, 0.15) is 54.9 Å². The van der Waals surface area contributed by atoms with Gasteiger partial charge < -0.3 is 10.5 Å². The Kier molecular flexibility index (Phi) is 4.46. The molecule has 3 heteroatoms. The summed E-state index contributed by atoms with van der Waals surface area (Å²) in [5.74, 6) is 0.278. The average molecular weight is 261 g/mol. The SMILES string of the molecule is CCC1CCCCC1OC(=O)c1cc(C)cc(N)c1. The molecule has 2 rings (SSSR count). The third-order valence-corrected chi connectivity index (χ3v) is 3.96. The van der Waals surface area contributed by atoms with Gasteiger partial charge in [0, 0.05) is 5.69 Å². The molecule has 0 heterocycles. The first-order valence-electron chi connectivity index (χ1n) is 7.18. The lowest BCUT2D eigenvalue weighted by atomic mass is 9.85. The molecular formula is C16H23NO2. The van der Waals surface area contributed by atoms with Crippen LogP contribution in [0.5, 0.6) is 0 Å². The van der Waals surface area contributed by atoms with Crippen LogP contribution in [0.3, 0.4) is 0 Å². The molecule has 104 valence electrons. The number of nitrogens with two attached hydrogens (primary N) is 1. The molecule has 2 unspecified atom stereocenters. The summed E-state index contributed by atoms with van der Waals surface area (Å²) in [6.45, 7) is 4.10. The van der Waals surface area contributed by atoms with E-state index >= 15 is 0 Å². The molecule has 1 aromatic carbocycles. The summed E-state index contributed by atoms with van der Waals surface area (Å²) in [7, 11) is 0. The van der Waals surface area contributed by atoms with Crippen molar-refractivity contribution in [2.45, 2.75) is 52.1 Å². The predicted molar refractivity (Wildman–Crippen MR) is 77.0 cm³/mol. The minimum Gasteiger partial charge on any atom is -0.458 e. The number of hydrogen-bond acceptors (Lipinski definition) is 3. The number of aryl methyl sites for hydroxylation is 1. The van der Waals surface area contributed by atoms with Crippen LogP contribution in [-0.4, -0.2) is 12.1 Å². The van der Waals surface area contributed by atoms with Gasteiger partial charge in [0.05, 0.1) is 5.56 Å². The Morgan fingerprint density at radius 1 is 1.32 bits per heavy atom. The van der Waals surface area contributed by atoms with Crippen LogP contribution in [0, 0.1) is 12.8 Å². The molecule has 0 radical (unpaired) electrons. The molecule has 2 atom stereocenters. The van der Waals surface area contributed by atoms with E-state index in [0.717, 1.165) is 24.8 Å². The molecule has 0 spiro atoms. The minimum absolute atomic E-state index is 0.0768. The van der Waals surface area contributed by atoms with E-state index < -0.39 is 0 Å². The quantitative estimate of drug-likeness (QED) is 0.666. The highest BCUT2D eigenvalue weighted by atomic mass is 16.5. The number of carbonyl (C=O) groups excluding carboxylic acids is 1. The summed E-state index contributed by atoms with van der Waals surface area (Å²) in [4.78, 5) is 12.2. The van der Waals surface area contributed by atoms with Crippen LogP contribution >= 0.6 is 0 Å². The van der Waals surface area contributed by atoms with Crippen LogP contribution in [0.25, 0.3) is 0 Å². The van der Waals surface area contributed by atoms with Crippen molar-refractivity contribution in [1.29, 1.82) is 0 Å². The Labute approximate surface area is 115 Å². The summed E-state index contributed by atoms with van der Waals surface area (Å²) in [6.07, 6.45) is 5.73. The molecule has 1 aliphatic carbocycles. The maximum absolute atomic E-state index is 12.2. The van der Waals surface area contributed by atoms with E-state index in [9.17, 15) is 4.79 Å². The zero-order valence-corrected chi connectivity index (χ0v) is 11.8. The van der Waals surface area contributed by atoms with Crippen molar-refractivity contribution in [2.75, 3.05) is 5.73 Å². The zero-order chi connectivity index (χ0) is 13.8. The van der Waals surface area contributed by atoms with E-state index in [0.29, 0.717) is 17.2 Å². The number of hydrogen-bond donors (Lipinski definition) is 1. The van der Waals surface area contributed by atoms with Gasteiger partial charge in [0.1, 0.15) is 6.10 Å². The molecule has 0 aromatic heterocycles. The molecule has 1 aliphatic rings. The smallest absolute Gasteiger partial charge is 0.338 e. The molecular weight excluding hydrogens is 238 g/mol. The normalized spacial score (nSPS) is 23.1. The highest BCUT2D eigenvalue weighted by molar-refractivity contribution is 5.90. The predicted octanol–water partition coefficient (Wildman–Crippen LogP) is 3.70. The van der Waals surface area contributed by atoms with Crippen molar-refractivity contribution in [3.63, 3.8) is 0 Å². The van der Waals surface area contributed by atoms with E-state index in [2.05, 4.69) is 6.92 Å². The second-order valence-electron chi connectivity index (χ2n) is 5.53. The number of esters is 1. The number of ether oxygens (including phenoxy) is 1. The van der Waals surface area contributed by atoms with E-state index in [1.54, 1.807) is 6.07 Å². The first kappa shape index (κ1) is 13.9. The molecule has 19 heavy (non-hydrogen) atoms. The van der Waals surface area contributed by atoms with Gasteiger partial charge >= 0.3 is 5.97 Å². The van der Waals surface area contributed by atoms with Gasteiger partial charge in [0.2, 0.25) is 0 Å². The number of benzene rings is 1. The summed E-state index contributed by atoms with van der Waals surface area (Å²) in [5.41, 5.74) is 7.95. The van der Waals surface area contributed by atoms with Crippen molar-refractivity contribution >= 4 is 11.7 Å². The molecule has 1 fully saturated rings. The van der Waals surface area contributed by atoms with E-state index in [-0.39, 0.29) is 12.1 Å². The maximum Gasteiger partial charge on any atom is 0.338 e. The third kappa shape index (κ3) is 3.49. The topological polar surface area (TPSA) is 52.3 Å². The number of anilines is 1. The van der Waals surface area contributed by atoms with Crippen LogP contribution in [-0.2, 0) is 4.74 Å². The van der Waals surface area contributed by atoms with Gasteiger partial charge in [-0.2, -0.15) is 0 Å². The van der Waals surface area contributed by atoms with Crippen LogP contribution in [0.15, 0.2) is 18.2 Å². The van der Waals surface area contributed by atoms with Crippen molar-refractivity contribution in [3.05, 3.63) is 29.3 Å². The van der Waals surface area contributed by atoms with Crippen LogP contribution < -0.4 is 5.73 Å². The Morgan fingerprint density at radius 2 is 2.05 bits per heavy atom. The third-order valence-electron chi connectivity index (χ3n) is 3.96. The highest BCUT2D eigenvalue weighted by Gasteiger charge is 2.27. The Bertz CT molecular complexity index is 436. The maximum atomic E-state index is 12.2. The number of nitrogen functional groups attached to an aromatic ring is 1. The summed E-state index contributed by atoms with van der Waals surface area (Å²) in [5, 5.41) is 0. The van der Waals surface area contributed by atoms with Gasteiger partial charge in [-0.1, -0.05) is 13.3 Å². The lowest BCUT2D eigenvalue weighted by Gasteiger charge is -2.30. The molecule has 0 saturated heterocycles. The fourth-order valence-electron chi connectivity index (χ4n) is 2.93. The standard InChI is InChI=1S/C16H23NO2/c1-3-12-6-4-5-7-15(12)19-16(18)13-8-11(2)9-14(17)10-13/h8-10,12,15H,3-7,17H2,1-2H3. The van der Waals surface area contributed by atoms with Crippen molar-refractivity contribution < 1.29 is 9.53 Å². The van der Waals surface area contributed by atoms with Gasteiger partial charge in [-0.25, -0.2) is 4.79 Å². The first-order valence-corrected chi connectivity index (χ1v) is 7.18. The van der Waals surface area contributed by atoms with E-state index in [1.807, 2.05) is 19.1 Å². The van der Waals surface area contributed by atoms with Crippen molar-refractivity contribution in [1.82, 2.24) is 0 Å². The molecule has 0 amide bonds. The molecule has 2 N–H and O–H groups in total. The number of rotatable bonds is 3. The summed E-state index contributed by atoms with van der Waals surface area (Å²) >= 11 is 0. The van der Waals surface area contributed by atoms with Gasteiger partial charge in [0.25, 0.3) is 0 Å². The highest BCUT2D eigenvalue weighted by Crippen LogP contribution is 2.30. The first-order chi connectivity index (χ1) is 9.10. The molecule has 1 aromatic rings. The largest absolute Gasteiger partial charge is 0.458 e. The average Bonchev–Trinajstić information content (AvgIpc) is 2.38. The zero-order valence-electron chi connectivity index (χ0n) is 11.8. The fourth-order valence-corrected chi connectivity index (χ4v) is 2.93. The van der Waals surface area contributed by atoms with E-state index in [4.69, 9.17) is 10.5 Å².